The number of methoxy groups -OCH3 is 1. The molecule has 0 aliphatic heterocycles. The maximum Gasteiger partial charge on any atom is 0.338 e. The highest BCUT2D eigenvalue weighted by atomic mass is 32.2. The SMILES string of the molecule is COc1ccc(CNC(=O)COC(=O)c2cc(S(=O)(=O)Nc3cccc(C)c3)ccc2C)cc1. The highest BCUT2D eigenvalue weighted by Crippen LogP contribution is 2.20. The van der Waals surface area contributed by atoms with Gasteiger partial charge in [0.2, 0.25) is 0 Å². The van der Waals surface area contributed by atoms with Gasteiger partial charge < -0.3 is 14.8 Å². The fraction of sp³-hybridized carbons (Fsp3) is 0.200. The van der Waals surface area contributed by atoms with Crippen LogP contribution in [0.25, 0.3) is 0 Å². The molecular weight excluding hydrogens is 456 g/mol. The fourth-order valence-corrected chi connectivity index (χ4v) is 4.19. The summed E-state index contributed by atoms with van der Waals surface area (Å²) >= 11 is 0. The number of amides is 1. The van der Waals surface area contributed by atoms with Crippen LogP contribution < -0.4 is 14.8 Å². The van der Waals surface area contributed by atoms with Crippen LogP contribution in [-0.4, -0.2) is 34.0 Å². The van der Waals surface area contributed by atoms with E-state index in [9.17, 15) is 18.0 Å². The monoisotopic (exact) mass is 482 g/mol. The fourth-order valence-electron chi connectivity index (χ4n) is 3.11. The van der Waals surface area contributed by atoms with Crippen LogP contribution in [0.1, 0.15) is 27.0 Å². The molecule has 3 rings (SSSR count). The van der Waals surface area contributed by atoms with E-state index in [1.807, 2.05) is 25.1 Å². The number of carbonyl (C=O) groups is 2. The van der Waals surface area contributed by atoms with Crippen molar-refractivity contribution in [1.82, 2.24) is 5.32 Å². The first-order chi connectivity index (χ1) is 16.2. The van der Waals surface area contributed by atoms with Gasteiger partial charge in [-0.2, -0.15) is 0 Å². The Labute approximate surface area is 199 Å². The van der Waals surface area contributed by atoms with Gasteiger partial charge in [0.15, 0.2) is 6.61 Å². The average Bonchev–Trinajstić information content (AvgIpc) is 2.81. The van der Waals surface area contributed by atoms with Crippen LogP contribution >= 0.6 is 0 Å². The van der Waals surface area contributed by atoms with Crippen LogP contribution in [0.3, 0.4) is 0 Å². The molecule has 0 spiro atoms. The standard InChI is InChI=1S/C25H26N2O6S/c1-17-5-4-6-20(13-17)27-34(30,31)22-12-7-18(2)23(14-22)25(29)33-16-24(28)26-15-19-8-10-21(32-3)11-9-19/h4-14,27H,15-16H2,1-3H3,(H,26,28). The van der Waals surface area contributed by atoms with Crippen LogP contribution in [0.4, 0.5) is 5.69 Å². The third-order valence-corrected chi connectivity index (χ3v) is 6.37. The lowest BCUT2D eigenvalue weighted by Gasteiger charge is -2.12. The molecule has 3 aromatic rings. The minimum absolute atomic E-state index is 0.0649. The molecule has 8 nitrogen and oxygen atoms in total. The average molecular weight is 483 g/mol. The number of hydrogen-bond acceptors (Lipinski definition) is 6. The molecule has 0 atom stereocenters. The van der Waals surface area contributed by atoms with Gasteiger partial charge in [0.05, 0.1) is 17.6 Å². The second-order valence-electron chi connectivity index (χ2n) is 7.65. The number of aryl methyl sites for hydroxylation is 2. The minimum Gasteiger partial charge on any atom is -0.497 e. The molecule has 1 amide bonds. The third-order valence-electron chi connectivity index (χ3n) is 4.99. The van der Waals surface area contributed by atoms with E-state index in [0.29, 0.717) is 17.0 Å². The highest BCUT2D eigenvalue weighted by molar-refractivity contribution is 7.92. The smallest absolute Gasteiger partial charge is 0.338 e. The number of sulfonamides is 1. The molecule has 0 aromatic heterocycles. The summed E-state index contributed by atoms with van der Waals surface area (Å²) in [5.41, 5.74) is 2.76. The normalized spacial score (nSPS) is 10.9. The Morgan fingerprint density at radius 2 is 1.68 bits per heavy atom. The number of hydrogen-bond donors (Lipinski definition) is 2. The van der Waals surface area contributed by atoms with E-state index in [-0.39, 0.29) is 17.0 Å². The Bertz CT molecular complexity index is 1290. The van der Waals surface area contributed by atoms with E-state index in [1.165, 1.54) is 18.2 Å². The summed E-state index contributed by atoms with van der Waals surface area (Å²) in [6.07, 6.45) is 0. The van der Waals surface area contributed by atoms with Crippen molar-refractivity contribution in [2.45, 2.75) is 25.3 Å². The topological polar surface area (TPSA) is 111 Å². The Kier molecular flexibility index (Phi) is 7.91. The van der Waals surface area contributed by atoms with Crippen molar-refractivity contribution in [1.29, 1.82) is 0 Å². The van der Waals surface area contributed by atoms with E-state index in [2.05, 4.69) is 10.0 Å². The minimum atomic E-state index is -3.92. The van der Waals surface area contributed by atoms with Gasteiger partial charge in [0, 0.05) is 12.2 Å². The summed E-state index contributed by atoms with van der Waals surface area (Å²) in [6, 6.07) is 18.3. The summed E-state index contributed by atoms with van der Waals surface area (Å²) in [7, 11) is -2.36. The summed E-state index contributed by atoms with van der Waals surface area (Å²) in [5.74, 6) is -0.561. The van der Waals surface area contributed by atoms with Crippen LogP contribution in [0.15, 0.2) is 71.6 Å². The largest absolute Gasteiger partial charge is 0.497 e. The van der Waals surface area contributed by atoms with Gasteiger partial charge in [-0.1, -0.05) is 30.3 Å². The first kappa shape index (κ1) is 24.8. The molecule has 0 unspecified atom stereocenters. The van der Waals surface area contributed by atoms with Crippen LogP contribution in [0.5, 0.6) is 5.75 Å². The molecule has 178 valence electrons. The maximum absolute atomic E-state index is 12.8. The van der Waals surface area contributed by atoms with Crippen molar-refractivity contribution in [3.8, 4) is 5.75 Å². The second kappa shape index (κ2) is 10.8. The van der Waals surface area contributed by atoms with Gasteiger partial charge in [-0.15, -0.1) is 0 Å². The Balaban J connectivity index is 1.61. The van der Waals surface area contributed by atoms with Crippen molar-refractivity contribution >= 4 is 27.6 Å². The molecular formula is C25H26N2O6S. The Morgan fingerprint density at radius 1 is 0.941 bits per heavy atom. The third kappa shape index (κ3) is 6.58. The molecule has 0 radical (unpaired) electrons. The number of carbonyl (C=O) groups excluding carboxylic acids is 2. The molecule has 0 aliphatic rings. The lowest BCUT2D eigenvalue weighted by molar-refractivity contribution is -0.124. The molecule has 0 saturated heterocycles. The number of benzene rings is 3. The zero-order valence-corrected chi connectivity index (χ0v) is 19.9. The van der Waals surface area contributed by atoms with Crippen LogP contribution in [0, 0.1) is 13.8 Å². The van der Waals surface area contributed by atoms with Gasteiger partial charge >= 0.3 is 5.97 Å². The van der Waals surface area contributed by atoms with Gasteiger partial charge in [-0.25, -0.2) is 13.2 Å². The van der Waals surface area contributed by atoms with Gasteiger partial charge in [-0.3, -0.25) is 9.52 Å². The van der Waals surface area contributed by atoms with Crippen LogP contribution in [0.2, 0.25) is 0 Å². The quantitative estimate of drug-likeness (QED) is 0.451. The number of anilines is 1. The van der Waals surface area contributed by atoms with E-state index >= 15 is 0 Å². The van der Waals surface area contributed by atoms with Crippen molar-refractivity contribution in [2.24, 2.45) is 0 Å². The lowest BCUT2D eigenvalue weighted by Crippen LogP contribution is -2.28. The molecule has 34 heavy (non-hydrogen) atoms. The van der Waals surface area contributed by atoms with Crippen molar-refractivity contribution in [3.63, 3.8) is 0 Å². The van der Waals surface area contributed by atoms with Gasteiger partial charge in [0.1, 0.15) is 5.75 Å². The summed E-state index contributed by atoms with van der Waals surface area (Å²) < 4.78 is 38.3. The lowest BCUT2D eigenvalue weighted by atomic mass is 10.1. The highest BCUT2D eigenvalue weighted by Gasteiger charge is 2.20. The predicted octanol–water partition coefficient (Wildman–Crippen LogP) is 3.59. The molecule has 9 heteroatoms. The first-order valence-electron chi connectivity index (χ1n) is 10.4. The Morgan fingerprint density at radius 3 is 2.35 bits per heavy atom. The number of esters is 1. The molecule has 0 aliphatic carbocycles. The van der Waals surface area contributed by atoms with Gasteiger partial charge in [-0.05, 0) is 66.9 Å². The van der Waals surface area contributed by atoms with E-state index < -0.39 is 28.5 Å². The second-order valence-corrected chi connectivity index (χ2v) is 9.34. The molecule has 0 bridgehead atoms. The summed E-state index contributed by atoms with van der Waals surface area (Å²) in [4.78, 5) is 24.6. The summed E-state index contributed by atoms with van der Waals surface area (Å²) in [6.45, 7) is 3.28. The zero-order chi connectivity index (χ0) is 24.7. The van der Waals surface area contributed by atoms with E-state index in [1.54, 1.807) is 44.4 Å². The molecule has 0 saturated carbocycles. The van der Waals surface area contributed by atoms with Crippen molar-refractivity contribution in [2.75, 3.05) is 18.4 Å². The van der Waals surface area contributed by atoms with Crippen LogP contribution in [-0.2, 0) is 26.1 Å². The number of nitrogens with one attached hydrogen (secondary N) is 2. The van der Waals surface area contributed by atoms with E-state index in [4.69, 9.17) is 9.47 Å². The first-order valence-corrected chi connectivity index (χ1v) is 11.9. The summed E-state index contributed by atoms with van der Waals surface area (Å²) in [5, 5.41) is 2.66. The van der Waals surface area contributed by atoms with E-state index in [0.717, 1.165) is 11.1 Å². The predicted molar refractivity (Wildman–Crippen MR) is 128 cm³/mol. The molecule has 3 aromatic carbocycles. The van der Waals surface area contributed by atoms with Crippen molar-refractivity contribution in [3.05, 3.63) is 89.0 Å². The number of rotatable bonds is 9. The number of ether oxygens (including phenoxy) is 2. The van der Waals surface area contributed by atoms with Crippen molar-refractivity contribution < 1.29 is 27.5 Å². The van der Waals surface area contributed by atoms with Gasteiger partial charge in [0.25, 0.3) is 15.9 Å². The molecule has 2 N–H and O–H groups in total. The zero-order valence-electron chi connectivity index (χ0n) is 19.1. The molecule has 0 heterocycles. The molecule has 0 fully saturated rings. The Hall–Kier alpha value is -3.85. The maximum atomic E-state index is 12.8.